The number of hydrogen-bond donors (Lipinski definition) is 4. The van der Waals surface area contributed by atoms with Gasteiger partial charge in [-0.25, -0.2) is 9.59 Å². The number of aromatic nitrogens is 1. The summed E-state index contributed by atoms with van der Waals surface area (Å²) in [6, 6.07) is 4.86. The minimum absolute atomic E-state index is 0.0502. The minimum atomic E-state index is -0.974. The lowest BCUT2D eigenvalue weighted by Gasteiger charge is -2.19. The van der Waals surface area contributed by atoms with Crippen LogP contribution in [0.2, 0.25) is 0 Å². The van der Waals surface area contributed by atoms with E-state index in [-0.39, 0.29) is 37.3 Å². The molecule has 2 aromatic rings. The molecule has 1 aromatic carbocycles. The van der Waals surface area contributed by atoms with Gasteiger partial charge in [-0.2, -0.15) is 0 Å². The first-order chi connectivity index (χ1) is 19.4. The molecule has 12 heteroatoms. The highest BCUT2D eigenvalue weighted by atomic mass is 16.5. The van der Waals surface area contributed by atoms with Crippen LogP contribution in [0.3, 0.4) is 0 Å². The third-order valence-corrected chi connectivity index (χ3v) is 6.44. The first-order valence-corrected chi connectivity index (χ1v) is 13.7. The summed E-state index contributed by atoms with van der Waals surface area (Å²) in [6.07, 6.45) is 2.75. The summed E-state index contributed by atoms with van der Waals surface area (Å²) >= 11 is 0. The number of esters is 2. The van der Waals surface area contributed by atoms with Crippen molar-refractivity contribution >= 4 is 40.6 Å². The Hall–Kier alpha value is -3.93. The number of nitrogens with zero attached hydrogens (tertiary/aromatic N) is 1. The first kappa shape index (κ1) is 33.3. The number of ether oxygens (including phenoxy) is 2. The highest BCUT2D eigenvalue weighted by Gasteiger charge is 2.25. The Bertz CT molecular complexity index is 1220. The Morgan fingerprint density at radius 1 is 0.854 bits per heavy atom. The minimum Gasteiger partial charge on any atom is -0.467 e. The number of carbonyl (C=O) groups is 5. The fraction of sp³-hybridized carbons (Fsp3) is 0.552. The second kappa shape index (κ2) is 15.8. The van der Waals surface area contributed by atoms with Gasteiger partial charge in [0, 0.05) is 17.1 Å². The Balaban J connectivity index is 2.06. The number of nitrogens with two attached hydrogens (primary N) is 1. The molecular formula is C29H43N5O7. The highest BCUT2D eigenvalue weighted by molar-refractivity contribution is 5.91. The summed E-state index contributed by atoms with van der Waals surface area (Å²) in [5, 5.41) is 8.67. The lowest BCUT2D eigenvalue weighted by atomic mass is 10.0. The zero-order valence-corrected chi connectivity index (χ0v) is 24.7. The summed E-state index contributed by atoms with van der Waals surface area (Å²) < 4.78 is 11.3. The molecule has 1 heterocycles. The van der Waals surface area contributed by atoms with Gasteiger partial charge in [0.15, 0.2) is 0 Å². The highest BCUT2D eigenvalue weighted by Crippen LogP contribution is 2.22. The molecule has 0 aliphatic carbocycles. The predicted octanol–water partition coefficient (Wildman–Crippen LogP) is 1.04. The van der Waals surface area contributed by atoms with Crippen molar-refractivity contribution in [2.75, 3.05) is 20.8 Å². The van der Waals surface area contributed by atoms with Crippen LogP contribution in [-0.2, 0) is 46.4 Å². The third kappa shape index (κ3) is 10.2. The smallest absolute Gasteiger partial charge is 0.328 e. The second-order valence-electron chi connectivity index (χ2n) is 10.9. The predicted molar refractivity (Wildman–Crippen MR) is 153 cm³/mol. The van der Waals surface area contributed by atoms with Crippen molar-refractivity contribution < 1.29 is 33.4 Å². The van der Waals surface area contributed by atoms with Crippen molar-refractivity contribution in [1.82, 2.24) is 20.5 Å². The van der Waals surface area contributed by atoms with Gasteiger partial charge in [0.05, 0.1) is 26.8 Å². The van der Waals surface area contributed by atoms with Crippen LogP contribution in [0, 0.1) is 11.8 Å². The molecule has 0 unspecified atom stereocenters. The van der Waals surface area contributed by atoms with E-state index in [2.05, 4.69) is 16.0 Å². The molecule has 0 saturated heterocycles. The number of amides is 3. The van der Waals surface area contributed by atoms with Gasteiger partial charge in [0.2, 0.25) is 17.7 Å². The van der Waals surface area contributed by atoms with Gasteiger partial charge in [0.1, 0.15) is 18.6 Å². The van der Waals surface area contributed by atoms with Crippen LogP contribution in [-0.4, -0.2) is 73.1 Å². The third-order valence-electron chi connectivity index (χ3n) is 6.44. The van der Waals surface area contributed by atoms with Gasteiger partial charge in [-0.3, -0.25) is 14.4 Å². The molecule has 5 N–H and O–H groups in total. The maximum atomic E-state index is 12.9. The van der Waals surface area contributed by atoms with E-state index in [1.807, 2.05) is 52.0 Å². The largest absolute Gasteiger partial charge is 0.467 e. The van der Waals surface area contributed by atoms with Crippen molar-refractivity contribution in [3.8, 4) is 0 Å². The van der Waals surface area contributed by atoms with E-state index in [9.17, 15) is 24.0 Å². The zero-order valence-electron chi connectivity index (χ0n) is 24.7. The van der Waals surface area contributed by atoms with Crippen LogP contribution in [0.5, 0.6) is 0 Å². The van der Waals surface area contributed by atoms with Crippen LogP contribution >= 0.6 is 0 Å². The zero-order chi connectivity index (χ0) is 30.7. The molecule has 0 aliphatic rings. The summed E-state index contributed by atoms with van der Waals surface area (Å²) in [5.41, 5.74) is 7.69. The Morgan fingerprint density at radius 2 is 1.39 bits per heavy atom. The number of rotatable bonds is 15. The molecule has 0 spiro atoms. The van der Waals surface area contributed by atoms with E-state index in [0.717, 1.165) is 16.5 Å². The molecule has 1 aromatic heterocycles. The van der Waals surface area contributed by atoms with Crippen molar-refractivity contribution in [1.29, 1.82) is 0 Å². The van der Waals surface area contributed by atoms with E-state index in [0.29, 0.717) is 12.8 Å². The van der Waals surface area contributed by atoms with E-state index in [4.69, 9.17) is 15.2 Å². The molecule has 0 aliphatic heterocycles. The quantitative estimate of drug-likeness (QED) is 0.229. The lowest BCUT2D eigenvalue weighted by Crippen LogP contribution is -2.49. The number of hydrogen-bond acceptors (Lipinski definition) is 8. The average molecular weight is 574 g/mol. The summed E-state index contributed by atoms with van der Waals surface area (Å²) in [7, 11) is 2.53. The maximum Gasteiger partial charge on any atom is 0.328 e. The van der Waals surface area contributed by atoms with Crippen LogP contribution in [0.1, 0.15) is 46.1 Å². The fourth-order valence-electron chi connectivity index (χ4n) is 4.54. The Kier molecular flexibility index (Phi) is 12.8. The summed E-state index contributed by atoms with van der Waals surface area (Å²) in [5.74, 6) is -2.17. The fourth-order valence-corrected chi connectivity index (χ4v) is 4.54. The van der Waals surface area contributed by atoms with Crippen LogP contribution in [0.4, 0.5) is 0 Å². The standard InChI is InChI=1S/C29H43N5O7/c1-17(2)11-22(28(38)40-5)32-25(35)14-31-27(37)21(30)13-19-15-34(24-10-8-7-9-20(19)24)16-26(36)33-23(12-18(3)4)29(39)41-6/h7-10,15,17-18,21-23H,11-14,16,30H2,1-6H3,(H,31,37)(H,32,35)(H,33,36)/t21-,22+,23-/m0/s1. The van der Waals surface area contributed by atoms with Crippen LogP contribution in [0.25, 0.3) is 10.9 Å². The molecule has 3 amide bonds. The molecule has 2 rings (SSSR count). The molecule has 0 saturated carbocycles. The molecule has 12 nitrogen and oxygen atoms in total. The number of benzene rings is 1. The molecule has 0 radical (unpaired) electrons. The van der Waals surface area contributed by atoms with E-state index in [1.54, 1.807) is 10.8 Å². The number of para-hydroxylation sites is 1. The van der Waals surface area contributed by atoms with Crippen molar-refractivity contribution in [2.24, 2.45) is 17.6 Å². The van der Waals surface area contributed by atoms with E-state index < -0.39 is 41.9 Å². The molecule has 41 heavy (non-hydrogen) atoms. The van der Waals surface area contributed by atoms with Gasteiger partial charge in [-0.15, -0.1) is 0 Å². The molecule has 0 fully saturated rings. The number of fused-ring (bicyclic) bond motifs is 1. The van der Waals surface area contributed by atoms with Crippen molar-refractivity contribution in [3.05, 3.63) is 36.0 Å². The van der Waals surface area contributed by atoms with Crippen LogP contribution in [0.15, 0.2) is 30.5 Å². The number of methoxy groups -OCH3 is 2. The topological polar surface area (TPSA) is 171 Å². The lowest BCUT2D eigenvalue weighted by molar-refractivity contribution is -0.145. The molecule has 226 valence electrons. The van der Waals surface area contributed by atoms with Crippen molar-refractivity contribution in [3.63, 3.8) is 0 Å². The van der Waals surface area contributed by atoms with E-state index in [1.165, 1.54) is 14.2 Å². The van der Waals surface area contributed by atoms with Crippen molar-refractivity contribution in [2.45, 2.75) is 71.6 Å². The van der Waals surface area contributed by atoms with Gasteiger partial charge in [0.25, 0.3) is 0 Å². The Morgan fingerprint density at radius 3 is 1.93 bits per heavy atom. The molecular weight excluding hydrogens is 530 g/mol. The normalized spacial score (nSPS) is 13.4. The van der Waals surface area contributed by atoms with E-state index >= 15 is 0 Å². The van der Waals surface area contributed by atoms with Gasteiger partial charge in [-0.05, 0) is 42.7 Å². The maximum absolute atomic E-state index is 12.9. The van der Waals surface area contributed by atoms with Crippen LogP contribution < -0.4 is 21.7 Å². The molecule has 0 bridgehead atoms. The number of carbonyl (C=O) groups excluding carboxylic acids is 5. The van der Waals surface area contributed by atoms with Gasteiger partial charge >= 0.3 is 11.9 Å². The monoisotopic (exact) mass is 573 g/mol. The SMILES string of the molecule is COC(=O)[C@H](CC(C)C)NC(=O)Cn1cc(C[C@H](N)C(=O)NCC(=O)N[C@H](CC(C)C)C(=O)OC)c2ccccc21. The Labute approximate surface area is 240 Å². The average Bonchev–Trinajstić information content (AvgIpc) is 3.25. The summed E-state index contributed by atoms with van der Waals surface area (Å²) in [4.78, 5) is 62.0. The van der Waals surface area contributed by atoms with Gasteiger partial charge < -0.3 is 35.7 Å². The number of nitrogens with one attached hydrogen (secondary N) is 3. The summed E-state index contributed by atoms with van der Waals surface area (Å²) in [6.45, 7) is 7.33. The first-order valence-electron chi connectivity index (χ1n) is 13.7. The van der Waals surface area contributed by atoms with Gasteiger partial charge in [-0.1, -0.05) is 45.9 Å². The second-order valence-corrected chi connectivity index (χ2v) is 10.9. The molecule has 3 atom stereocenters.